The summed E-state index contributed by atoms with van der Waals surface area (Å²) >= 11 is 5.94. The minimum atomic E-state index is -0.151. The second-order valence-electron chi connectivity index (χ2n) is 8.75. The van der Waals surface area contributed by atoms with Crippen molar-refractivity contribution in [3.8, 4) is 0 Å². The Balaban J connectivity index is 1.43. The number of halogens is 3. The van der Waals surface area contributed by atoms with Gasteiger partial charge in [-0.15, -0.1) is 0 Å². The Morgan fingerprint density at radius 2 is 1.27 bits per heavy atom. The van der Waals surface area contributed by atoms with E-state index in [-0.39, 0.29) is 11.6 Å². The third kappa shape index (κ3) is 6.00. The average molecular weight is 463 g/mol. The minimum absolute atomic E-state index is 0.124. The summed E-state index contributed by atoms with van der Waals surface area (Å²) in [6.07, 6.45) is 5.87. The summed E-state index contributed by atoms with van der Waals surface area (Å²) in [5.74, 6) is -0.275. The fraction of sp³-hybridized carbons (Fsp3) is 0.267. The van der Waals surface area contributed by atoms with Gasteiger partial charge in [0, 0.05) is 10.4 Å². The molecule has 0 N–H and O–H groups in total. The second kappa shape index (κ2) is 10.9. The molecule has 4 rings (SSSR count). The van der Waals surface area contributed by atoms with Crippen molar-refractivity contribution in [2.45, 2.75) is 51.9 Å². The predicted molar refractivity (Wildman–Crippen MR) is 135 cm³/mol. The van der Waals surface area contributed by atoms with Crippen LogP contribution in [0.4, 0.5) is 8.78 Å². The first-order valence-corrected chi connectivity index (χ1v) is 12.1. The van der Waals surface area contributed by atoms with E-state index in [2.05, 4.69) is 6.92 Å². The second-order valence-corrected chi connectivity index (χ2v) is 9.19. The lowest BCUT2D eigenvalue weighted by Crippen LogP contribution is -1.98. The topological polar surface area (TPSA) is 0 Å². The van der Waals surface area contributed by atoms with Gasteiger partial charge in [0.15, 0.2) is 0 Å². The summed E-state index contributed by atoms with van der Waals surface area (Å²) in [6.45, 7) is 2.14. The van der Waals surface area contributed by atoms with Crippen LogP contribution in [0.5, 0.6) is 0 Å². The van der Waals surface area contributed by atoms with Crippen LogP contribution in [0.3, 0.4) is 0 Å². The average Bonchev–Trinajstić information content (AvgIpc) is 2.82. The molecular formula is C30H29ClF2. The number of aryl methyl sites for hydroxylation is 5. The molecule has 0 fully saturated rings. The summed E-state index contributed by atoms with van der Waals surface area (Å²) in [5.41, 5.74) is 4.74. The van der Waals surface area contributed by atoms with E-state index in [1.165, 1.54) is 0 Å². The Kier molecular flexibility index (Phi) is 7.77. The Labute approximate surface area is 200 Å². The number of hydrogen-bond donors (Lipinski definition) is 0. The molecule has 0 atom stereocenters. The van der Waals surface area contributed by atoms with Gasteiger partial charge in [0.05, 0.1) is 0 Å². The maximum Gasteiger partial charge on any atom is 0.134 e. The van der Waals surface area contributed by atoms with E-state index in [1.54, 1.807) is 6.07 Å². The summed E-state index contributed by atoms with van der Waals surface area (Å²) < 4.78 is 29.6. The van der Waals surface area contributed by atoms with E-state index in [1.807, 2.05) is 66.7 Å². The summed E-state index contributed by atoms with van der Waals surface area (Å²) in [4.78, 5) is 0. The smallest absolute Gasteiger partial charge is 0.134 e. The minimum Gasteiger partial charge on any atom is -0.207 e. The van der Waals surface area contributed by atoms with Gasteiger partial charge in [0.25, 0.3) is 0 Å². The van der Waals surface area contributed by atoms with Gasteiger partial charge in [-0.3, -0.25) is 0 Å². The zero-order chi connectivity index (χ0) is 23.2. The van der Waals surface area contributed by atoms with Gasteiger partial charge >= 0.3 is 0 Å². The van der Waals surface area contributed by atoms with Crippen LogP contribution >= 0.6 is 11.6 Å². The van der Waals surface area contributed by atoms with Crippen LogP contribution in [0, 0.1) is 11.6 Å². The zero-order valence-electron chi connectivity index (χ0n) is 19.0. The van der Waals surface area contributed by atoms with E-state index in [0.29, 0.717) is 23.3 Å². The maximum atomic E-state index is 15.1. The van der Waals surface area contributed by atoms with Crippen LogP contribution < -0.4 is 0 Å². The molecule has 0 spiro atoms. The van der Waals surface area contributed by atoms with E-state index >= 15 is 4.39 Å². The van der Waals surface area contributed by atoms with Crippen molar-refractivity contribution >= 4 is 22.4 Å². The largest absolute Gasteiger partial charge is 0.207 e. The molecule has 0 saturated heterocycles. The Morgan fingerprint density at radius 1 is 0.636 bits per heavy atom. The number of fused-ring (bicyclic) bond motifs is 1. The summed E-state index contributed by atoms with van der Waals surface area (Å²) in [7, 11) is 0. The fourth-order valence-corrected chi connectivity index (χ4v) is 4.40. The van der Waals surface area contributed by atoms with Crippen molar-refractivity contribution < 1.29 is 8.78 Å². The molecular weight excluding hydrogens is 434 g/mol. The molecule has 4 aromatic carbocycles. The lowest BCUT2D eigenvalue weighted by atomic mass is 9.97. The maximum absolute atomic E-state index is 15.1. The lowest BCUT2D eigenvalue weighted by Gasteiger charge is -2.10. The first-order valence-electron chi connectivity index (χ1n) is 11.7. The highest BCUT2D eigenvalue weighted by molar-refractivity contribution is 6.30. The Hall–Kier alpha value is -2.71. The van der Waals surface area contributed by atoms with Crippen molar-refractivity contribution in [3.05, 3.63) is 117 Å². The van der Waals surface area contributed by atoms with Crippen molar-refractivity contribution in [2.24, 2.45) is 0 Å². The van der Waals surface area contributed by atoms with Crippen LogP contribution in [0.2, 0.25) is 5.02 Å². The van der Waals surface area contributed by atoms with E-state index < -0.39 is 0 Å². The van der Waals surface area contributed by atoms with Crippen molar-refractivity contribution in [3.63, 3.8) is 0 Å². The van der Waals surface area contributed by atoms with Crippen LogP contribution in [0.25, 0.3) is 10.8 Å². The molecule has 0 saturated carbocycles. The van der Waals surface area contributed by atoms with Gasteiger partial charge in [-0.05, 0) is 89.9 Å². The fourth-order valence-electron chi connectivity index (χ4n) is 4.27. The van der Waals surface area contributed by atoms with Crippen LogP contribution in [-0.2, 0) is 32.1 Å². The van der Waals surface area contributed by atoms with Gasteiger partial charge < -0.3 is 0 Å². The summed E-state index contributed by atoms with van der Waals surface area (Å²) in [6, 6.07) is 23.0. The zero-order valence-corrected chi connectivity index (χ0v) is 19.8. The molecule has 3 heteroatoms. The molecule has 0 aliphatic carbocycles. The van der Waals surface area contributed by atoms with E-state index in [0.717, 1.165) is 65.3 Å². The Morgan fingerprint density at radius 3 is 2.03 bits per heavy atom. The molecule has 0 unspecified atom stereocenters. The van der Waals surface area contributed by atoms with Crippen molar-refractivity contribution in [2.75, 3.05) is 0 Å². The standard InChI is InChI=1S/C30H29ClF2/c1-2-3-4-22-6-11-24(29(32)20-22)12-7-23-10-18-28-26(19-23)15-14-25(30(28)33)13-5-21-8-16-27(31)17-9-21/h6,8-11,14-20H,2-5,7,12-13H2,1H3. The molecule has 0 amide bonds. The van der Waals surface area contributed by atoms with Crippen LogP contribution in [0.1, 0.15) is 47.6 Å². The molecule has 0 aliphatic rings. The SMILES string of the molecule is CCCCc1ccc(CCc2ccc3c(F)c(CCc4ccc(Cl)cc4)ccc3c2)c(F)c1. The molecule has 33 heavy (non-hydrogen) atoms. The summed E-state index contributed by atoms with van der Waals surface area (Å²) in [5, 5.41) is 2.23. The third-order valence-corrected chi connectivity index (χ3v) is 6.57. The van der Waals surface area contributed by atoms with Gasteiger partial charge in [-0.2, -0.15) is 0 Å². The lowest BCUT2D eigenvalue weighted by molar-refractivity contribution is 0.605. The Bertz CT molecular complexity index is 1230. The third-order valence-electron chi connectivity index (χ3n) is 6.31. The number of rotatable bonds is 9. The monoisotopic (exact) mass is 462 g/mol. The molecule has 4 aromatic rings. The highest BCUT2D eigenvalue weighted by Crippen LogP contribution is 2.25. The molecule has 0 nitrogen and oxygen atoms in total. The van der Waals surface area contributed by atoms with Gasteiger partial charge in [-0.25, -0.2) is 8.78 Å². The highest BCUT2D eigenvalue weighted by Gasteiger charge is 2.10. The van der Waals surface area contributed by atoms with Gasteiger partial charge in [0.1, 0.15) is 11.6 Å². The number of benzene rings is 4. The van der Waals surface area contributed by atoms with Gasteiger partial charge in [0.2, 0.25) is 0 Å². The normalized spacial score (nSPS) is 11.3. The highest BCUT2D eigenvalue weighted by atomic mass is 35.5. The van der Waals surface area contributed by atoms with Crippen molar-refractivity contribution in [1.29, 1.82) is 0 Å². The molecule has 0 aliphatic heterocycles. The molecule has 170 valence electrons. The molecule has 0 radical (unpaired) electrons. The molecule has 0 aromatic heterocycles. The van der Waals surface area contributed by atoms with Crippen molar-refractivity contribution in [1.82, 2.24) is 0 Å². The number of hydrogen-bond acceptors (Lipinski definition) is 0. The quantitative estimate of drug-likeness (QED) is 0.233. The molecule has 0 heterocycles. The van der Waals surface area contributed by atoms with Crippen LogP contribution in [-0.4, -0.2) is 0 Å². The van der Waals surface area contributed by atoms with E-state index in [4.69, 9.17) is 11.6 Å². The number of unbranched alkanes of at least 4 members (excludes halogenated alkanes) is 1. The van der Waals surface area contributed by atoms with Crippen LogP contribution in [0.15, 0.2) is 72.8 Å². The van der Waals surface area contributed by atoms with E-state index in [9.17, 15) is 4.39 Å². The first-order chi connectivity index (χ1) is 16.0. The first kappa shape index (κ1) is 23.4. The molecule has 0 bridgehead atoms. The van der Waals surface area contributed by atoms with Gasteiger partial charge in [-0.1, -0.05) is 79.5 Å². The predicted octanol–water partition coefficient (Wildman–Crippen LogP) is 8.68.